The third-order valence-corrected chi connectivity index (χ3v) is 4.68. The van der Waals surface area contributed by atoms with Crippen molar-refractivity contribution in [3.05, 3.63) is 58.1 Å². The van der Waals surface area contributed by atoms with Gasteiger partial charge in [0, 0.05) is 15.8 Å². The Morgan fingerprint density at radius 1 is 0.947 bits per heavy atom. The molecule has 1 unspecified atom stereocenters. The van der Waals surface area contributed by atoms with Gasteiger partial charge in [0.2, 0.25) is 0 Å². The zero-order chi connectivity index (χ0) is 13.8. The van der Waals surface area contributed by atoms with E-state index >= 15 is 0 Å². The molecular formula is C15H15Cl2NS. The van der Waals surface area contributed by atoms with Crippen LogP contribution in [-0.2, 0) is 0 Å². The van der Waals surface area contributed by atoms with Crippen LogP contribution in [0.4, 0.5) is 0 Å². The zero-order valence-corrected chi connectivity index (χ0v) is 13.1. The molecule has 1 atom stereocenters. The van der Waals surface area contributed by atoms with Crippen LogP contribution in [0.3, 0.4) is 0 Å². The molecule has 4 heteroatoms. The van der Waals surface area contributed by atoms with Crippen molar-refractivity contribution in [2.75, 3.05) is 7.05 Å². The molecule has 2 rings (SSSR count). The summed E-state index contributed by atoms with van der Waals surface area (Å²) >= 11 is 13.6. The first-order valence-electron chi connectivity index (χ1n) is 6.00. The average molecular weight is 312 g/mol. The van der Waals surface area contributed by atoms with Gasteiger partial charge in [0.15, 0.2) is 0 Å². The maximum absolute atomic E-state index is 6.01. The van der Waals surface area contributed by atoms with Gasteiger partial charge < -0.3 is 5.32 Å². The molecular weight excluding hydrogens is 297 g/mol. The Morgan fingerprint density at radius 2 is 1.58 bits per heavy atom. The normalized spacial score (nSPS) is 12.4. The highest BCUT2D eigenvalue weighted by Gasteiger charge is 2.04. The van der Waals surface area contributed by atoms with Crippen molar-refractivity contribution in [2.24, 2.45) is 0 Å². The molecule has 0 aliphatic carbocycles. The zero-order valence-electron chi connectivity index (χ0n) is 10.8. The molecule has 0 spiro atoms. The third kappa shape index (κ3) is 3.90. The Bertz CT molecular complexity index is 555. The quantitative estimate of drug-likeness (QED) is 0.808. The predicted molar refractivity (Wildman–Crippen MR) is 84.5 cm³/mol. The molecule has 0 aliphatic heterocycles. The van der Waals surface area contributed by atoms with Crippen molar-refractivity contribution >= 4 is 35.0 Å². The Morgan fingerprint density at radius 3 is 2.16 bits per heavy atom. The third-order valence-electron chi connectivity index (χ3n) is 2.94. The van der Waals surface area contributed by atoms with E-state index in [0.717, 1.165) is 4.90 Å². The van der Waals surface area contributed by atoms with Crippen molar-refractivity contribution < 1.29 is 0 Å². The first-order chi connectivity index (χ1) is 9.10. The SMILES string of the molecule is CNC(C)c1ccc(Sc2ccc(Cl)c(Cl)c2)cc1. The van der Waals surface area contributed by atoms with Crippen molar-refractivity contribution in [2.45, 2.75) is 22.8 Å². The molecule has 0 radical (unpaired) electrons. The molecule has 2 aromatic carbocycles. The average Bonchev–Trinajstić information content (AvgIpc) is 2.43. The smallest absolute Gasteiger partial charge is 0.0603 e. The monoisotopic (exact) mass is 311 g/mol. The van der Waals surface area contributed by atoms with E-state index in [4.69, 9.17) is 23.2 Å². The lowest BCUT2D eigenvalue weighted by molar-refractivity contribution is 0.652. The molecule has 100 valence electrons. The van der Waals surface area contributed by atoms with E-state index in [1.54, 1.807) is 11.8 Å². The highest BCUT2D eigenvalue weighted by atomic mass is 35.5. The highest BCUT2D eigenvalue weighted by molar-refractivity contribution is 7.99. The molecule has 1 nitrogen and oxygen atoms in total. The van der Waals surface area contributed by atoms with Gasteiger partial charge in [-0.25, -0.2) is 0 Å². The summed E-state index contributed by atoms with van der Waals surface area (Å²) in [6.45, 7) is 2.14. The second-order valence-electron chi connectivity index (χ2n) is 4.26. The summed E-state index contributed by atoms with van der Waals surface area (Å²) in [6.07, 6.45) is 0. The van der Waals surface area contributed by atoms with Gasteiger partial charge in [0.25, 0.3) is 0 Å². The first-order valence-corrected chi connectivity index (χ1v) is 7.57. The van der Waals surface area contributed by atoms with E-state index < -0.39 is 0 Å². The van der Waals surface area contributed by atoms with Crippen molar-refractivity contribution in [3.63, 3.8) is 0 Å². The standard InChI is InChI=1S/C15H15Cl2NS/c1-10(18-2)11-3-5-12(6-4-11)19-13-7-8-14(16)15(17)9-13/h3-10,18H,1-2H3. The van der Waals surface area contributed by atoms with Crippen molar-refractivity contribution in [1.29, 1.82) is 0 Å². The van der Waals surface area contributed by atoms with Gasteiger partial charge in [-0.1, -0.05) is 47.1 Å². The number of hydrogen-bond donors (Lipinski definition) is 1. The van der Waals surface area contributed by atoms with Crippen molar-refractivity contribution in [3.8, 4) is 0 Å². The van der Waals surface area contributed by atoms with E-state index in [-0.39, 0.29) is 0 Å². The Kier molecular flexibility index (Phi) is 5.17. The Balaban J connectivity index is 2.12. The fourth-order valence-corrected chi connectivity index (χ4v) is 2.89. The minimum absolute atomic E-state index is 0.365. The summed E-state index contributed by atoms with van der Waals surface area (Å²) in [5.74, 6) is 0. The second kappa shape index (κ2) is 6.67. The van der Waals surface area contributed by atoms with Crippen LogP contribution in [-0.4, -0.2) is 7.05 Å². The van der Waals surface area contributed by atoms with Gasteiger partial charge in [-0.3, -0.25) is 0 Å². The molecule has 0 aliphatic rings. The summed E-state index contributed by atoms with van der Waals surface area (Å²) in [7, 11) is 1.96. The molecule has 0 saturated carbocycles. The van der Waals surface area contributed by atoms with Crippen LogP contribution in [0.5, 0.6) is 0 Å². The van der Waals surface area contributed by atoms with Gasteiger partial charge in [0.05, 0.1) is 10.0 Å². The van der Waals surface area contributed by atoms with E-state index in [9.17, 15) is 0 Å². The minimum Gasteiger partial charge on any atom is -0.313 e. The van der Waals surface area contributed by atoms with Crippen LogP contribution in [0.25, 0.3) is 0 Å². The molecule has 0 amide bonds. The van der Waals surface area contributed by atoms with Crippen LogP contribution in [0.1, 0.15) is 18.5 Å². The molecule has 2 aromatic rings. The molecule has 0 bridgehead atoms. The van der Waals surface area contributed by atoms with Crippen LogP contribution in [0.2, 0.25) is 10.0 Å². The van der Waals surface area contributed by atoms with Gasteiger partial charge in [-0.05, 0) is 49.9 Å². The lowest BCUT2D eigenvalue weighted by atomic mass is 10.1. The minimum atomic E-state index is 0.365. The molecule has 0 aromatic heterocycles. The summed E-state index contributed by atoms with van der Waals surface area (Å²) in [5.41, 5.74) is 1.28. The number of rotatable bonds is 4. The lowest BCUT2D eigenvalue weighted by Gasteiger charge is -2.11. The van der Waals surface area contributed by atoms with Gasteiger partial charge in [-0.2, -0.15) is 0 Å². The molecule has 0 saturated heterocycles. The van der Waals surface area contributed by atoms with Gasteiger partial charge in [0.1, 0.15) is 0 Å². The van der Waals surface area contributed by atoms with Gasteiger partial charge in [-0.15, -0.1) is 0 Å². The summed E-state index contributed by atoms with van der Waals surface area (Å²) < 4.78 is 0. The van der Waals surface area contributed by atoms with Crippen LogP contribution in [0, 0.1) is 0 Å². The fourth-order valence-electron chi connectivity index (χ4n) is 1.67. The number of nitrogens with one attached hydrogen (secondary N) is 1. The van der Waals surface area contributed by atoms with Gasteiger partial charge >= 0.3 is 0 Å². The van der Waals surface area contributed by atoms with Crippen molar-refractivity contribution in [1.82, 2.24) is 5.32 Å². The lowest BCUT2D eigenvalue weighted by Crippen LogP contribution is -2.11. The number of halogens is 2. The van der Waals surface area contributed by atoms with E-state index in [1.807, 2.05) is 25.2 Å². The van der Waals surface area contributed by atoms with E-state index in [2.05, 4.69) is 36.5 Å². The number of benzene rings is 2. The predicted octanol–water partition coefficient (Wildman–Crippen LogP) is 5.43. The molecule has 1 N–H and O–H groups in total. The highest BCUT2D eigenvalue weighted by Crippen LogP contribution is 2.32. The number of hydrogen-bond acceptors (Lipinski definition) is 2. The topological polar surface area (TPSA) is 12.0 Å². The summed E-state index contributed by atoms with van der Waals surface area (Å²) in [5, 5.41) is 4.40. The summed E-state index contributed by atoms with van der Waals surface area (Å²) in [6, 6.07) is 14.6. The molecule has 0 fully saturated rings. The van der Waals surface area contributed by atoms with E-state index in [1.165, 1.54) is 10.5 Å². The summed E-state index contributed by atoms with van der Waals surface area (Å²) in [4.78, 5) is 2.27. The van der Waals surface area contributed by atoms with Crippen LogP contribution in [0.15, 0.2) is 52.3 Å². The maximum atomic E-state index is 6.01. The van der Waals surface area contributed by atoms with Crippen LogP contribution >= 0.6 is 35.0 Å². The Hall–Kier alpha value is -0.670. The van der Waals surface area contributed by atoms with Crippen LogP contribution < -0.4 is 5.32 Å². The largest absolute Gasteiger partial charge is 0.313 e. The maximum Gasteiger partial charge on any atom is 0.0603 e. The van der Waals surface area contributed by atoms with E-state index in [0.29, 0.717) is 16.1 Å². The second-order valence-corrected chi connectivity index (χ2v) is 6.22. The first kappa shape index (κ1) is 14.7. The Labute approximate surface area is 128 Å². The molecule has 0 heterocycles. The molecule has 19 heavy (non-hydrogen) atoms. The fraction of sp³-hybridized carbons (Fsp3) is 0.200.